The Hall–Kier alpha value is -1.78. The third-order valence-electron chi connectivity index (χ3n) is 2.05. The quantitative estimate of drug-likeness (QED) is 0.739. The maximum atomic E-state index is 13.3. The Morgan fingerprint density at radius 3 is 2.44 bits per heavy atom. The van der Waals surface area contributed by atoms with Gasteiger partial charge in [0.2, 0.25) is 5.91 Å². The molecule has 0 aromatic heterocycles. The molecule has 0 radical (unpaired) electrons. The number of Topliss-reactive ketones (excluding diaryl/α,β-unsaturated/α-hetero) is 1. The Morgan fingerprint density at radius 1 is 1.31 bits per heavy atom. The van der Waals surface area contributed by atoms with E-state index < -0.39 is 17.5 Å². The Bertz CT molecular complexity index is 432. The average Bonchev–Trinajstić information content (AvgIpc) is 2.15. The van der Waals surface area contributed by atoms with Gasteiger partial charge in [-0.25, -0.2) is 8.78 Å². The number of hydrogen-bond donors (Lipinski definition) is 0. The molecular weight excluding hydrogens is 216 g/mol. The van der Waals surface area contributed by atoms with E-state index in [0.717, 1.165) is 17.0 Å². The molecule has 1 aromatic carbocycles. The lowest BCUT2D eigenvalue weighted by atomic mass is 10.2. The topological polar surface area (TPSA) is 37.4 Å². The molecule has 0 unspecified atom stereocenters. The van der Waals surface area contributed by atoms with E-state index in [4.69, 9.17) is 0 Å². The standard InChI is InChI=1S/C11H11F2NO2/c1-7(15)5-11(16)14(2)10-4-3-8(12)6-9(10)13/h3-4,6H,5H2,1-2H3. The zero-order valence-electron chi connectivity index (χ0n) is 8.96. The van der Waals surface area contributed by atoms with E-state index in [0.29, 0.717) is 6.07 Å². The predicted octanol–water partition coefficient (Wildman–Crippen LogP) is 1.91. The van der Waals surface area contributed by atoms with Crippen molar-refractivity contribution in [2.45, 2.75) is 13.3 Å². The van der Waals surface area contributed by atoms with Crippen molar-refractivity contribution in [2.75, 3.05) is 11.9 Å². The van der Waals surface area contributed by atoms with Gasteiger partial charge in [0.15, 0.2) is 0 Å². The molecule has 0 aliphatic heterocycles. The third kappa shape index (κ3) is 2.85. The lowest BCUT2D eigenvalue weighted by molar-refractivity contribution is -0.125. The fraction of sp³-hybridized carbons (Fsp3) is 0.273. The molecule has 0 atom stereocenters. The van der Waals surface area contributed by atoms with Crippen LogP contribution in [0.3, 0.4) is 0 Å². The Kier molecular flexibility index (Phi) is 3.71. The van der Waals surface area contributed by atoms with Gasteiger partial charge in [-0.05, 0) is 19.1 Å². The van der Waals surface area contributed by atoms with E-state index in [-0.39, 0.29) is 17.9 Å². The molecule has 1 aromatic rings. The van der Waals surface area contributed by atoms with Crippen LogP contribution in [-0.4, -0.2) is 18.7 Å². The number of anilines is 1. The first-order valence-electron chi connectivity index (χ1n) is 4.63. The van der Waals surface area contributed by atoms with Gasteiger partial charge < -0.3 is 4.90 Å². The summed E-state index contributed by atoms with van der Waals surface area (Å²) in [6.07, 6.45) is -0.298. The van der Waals surface area contributed by atoms with Gasteiger partial charge in [-0.1, -0.05) is 0 Å². The summed E-state index contributed by atoms with van der Waals surface area (Å²) in [5.74, 6) is -2.38. The van der Waals surface area contributed by atoms with E-state index in [2.05, 4.69) is 0 Å². The molecule has 0 saturated carbocycles. The first-order valence-corrected chi connectivity index (χ1v) is 4.63. The largest absolute Gasteiger partial charge is 0.312 e. The fourth-order valence-corrected chi connectivity index (χ4v) is 1.22. The van der Waals surface area contributed by atoms with Gasteiger partial charge >= 0.3 is 0 Å². The van der Waals surface area contributed by atoms with Crippen molar-refractivity contribution >= 4 is 17.4 Å². The number of nitrogens with zero attached hydrogens (tertiary/aromatic N) is 1. The van der Waals surface area contributed by atoms with Crippen molar-refractivity contribution in [3.05, 3.63) is 29.8 Å². The minimum atomic E-state index is -0.834. The summed E-state index contributed by atoms with van der Waals surface area (Å²) >= 11 is 0. The van der Waals surface area contributed by atoms with Gasteiger partial charge in [-0.2, -0.15) is 0 Å². The van der Waals surface area contributed by atoms with Crippen LogP contribution in [0.25, 0.3) is 0 Å². The van der Waals surface area contributed by atoms with Crippen molar-refractivity contribution in [3.63, 3.8) is 0 Å². The molecule has 0 N–H and O–H groups in total. The van der Waals surface area contributed by atoms with Crippen LogP contribution in [0.15, 0.2) is 18.2 Å². The molecule has 1 rings (SSSR count). The minimum Gasteiger partial charge on any atom is -0.312 e. The van der Waals surface area contributed by atoms with Gasteiger partial charge in [-0.15, -0.1) is 0 Å². The summed E-state index contributed by atoms with van der Waals surface area (Å²) in [5, 5.41) is 0. The first-order chi connectivity index (χ1) is 7.41. The number of hydrogen-bond acceptors (Lipinski definition) is 2. The zero-order valence-corrected chi connectivity index (χ0v) is 8.96. The molecule has 0 bridgehead atoms. The zero-order chi connectivity index (χ0) is 12.3. The molecule has 16 heavy (non-hydrogen) atoms. The van der Waals surface area contributed by atoms with Crippen LogP contribution >= 0.6 is 0 Å². The lowest BCUT2D eigenvalue weighted by Crippen LogP contribution is -2.28. The molecule has 0 spiro atoms. The molecule has 0 aliphatic carbocycles. The summed E-state index contributed by atoms with van der Waals surface area (Å²) in [4.78, 5) is 23.2. The average molecular weight is 227 g/mol. The second-order valence-corrected chi connectivity index (χ2v) is 3.43. The van der Waals surface area contributed by atoms with Gasteiger partial charge in [0.05, 0.1) is 12.1 Å². The third-order valence-corrected chi connectivity index (χ3v) is 2.05. The van der Waals surface area contributed by atoms with E-state index in [1.807, 2.05) is 0 Å². The fourth-order valence-electron chi connectivity index (χ4n) is 1.22. The van der Waals surface area contributed by atoms with Crippen molar-refractivity contribution in [1.29, 1.82) is 0 Å². The molecule has 0 aliphatic rings. The number of amides is 1. The lowest BCUT2D eigenvalue weighted by Gasteiger charge is -2.17. The molecular formula is C11H11F2NO2. The van der Waals surface area contributed by atoms with Gasteiger partial charge in [0.25, 0.3) is 0 Å². The predicted molar refractivity (Wildman–Crippen MR) is 55.1 cm³/mol. The van der Waals surface area contributed by atoms with Crippen LogP contribution in [0, 0.1) is 11.6 Å². The Morgan fingerprint density at radius 2 is 1.94 bits per heavy atom. The summed E-state index contributed by atoms with van der Waals surface area (Å²) in [5.41, 5.74) is -0.0485. The number of carbonyl (C=O) groups excluding carboxylic acids is 2. The van der Waals surface area contributed by atoms with Crippen LogP contribution in [0.2, 0.25) is 0 Å². The Balaban J connectivity index is 2.91. The smallest absolute Gasteiger partial charge is 0.234 e. The minimum absolute atomic E-state index is 0.0485. The van der Waals surface area contributed by atoms with Gasteiger partial charge in [0, 0.05) is 13.1 Å². The van der Waals surface area contributed by atoms with E-state index >= 15 is 0 Å². The summed E-state index contributed by atoms with van der Waals surface area (Å²) in [6.45, 7) is 1.27. The number of halogens is 2. The monoisotopic (exact) mass is 227 g/mol. The maximum absolute atomic E-state index is 13.3. The second-order valence-electron chi connectivity index (χ2n) is 3.43. The molecule has 86 valence electrons. The molecule has 0 saturated heterocycles. The van der Waals surface area contributed by atoms with Crippen LogP contribution in [0.5, 0.6) is 0 Å². The molecule has 1 amide bonds. The highest BCUT2D eigenvalue weighted by molar-refractivity contribution is 6.04. The van der Waals surface area contributed by atoms with Crippen molar-refractivity contribution < 1.29 is 18.4 Å². The normalized spacial score (nSPS) is 10.0. The second kappa shape index (κ2) is 4.83. The van der Waals surface area contributed by atoms with Crippen molar-refractivity contribution in [3.8, 4) is 0 Å². The number of carbonyl (C=O) groups is 2. The van der Waals surface area contributed by atoms with E-state index in [9.17, 15) is 18.4 Å². The summed E-state index contributed by atoms with van der Waals surface area (Å²) < 4.78 is 25.9. The highest BCUT2D eigenvalue weighted by atomic mass is 19.1. The maximum Gasteiger partial charge on any atom is 0.234 e. The molecule has 0 fully saturated rings. The molecule has 5 heteroatoms. The van der Waals surface area contributed by atoms with Crippen LogP contribution in [0.4, 0.5) is 14.5 Å². The SMILES string of the molecule is CC(=O)CC(=O)N(C)c1ccc(F)cc1F. The van der Waals surface area contributed by atoms with Crippen LogP contribution in [-0.2, 0) is 9.59 Å². The van der Waals surface area contributed by atoms with Crippen LogP contribution in [0.1, 0.15) is 13.3 Å². The highest BCUT2D eigenvalue weighted by Gasteiger charge is 2.16. The van der Waals surface area contributed by atoms with Crippen molar-refractivity contribution in [1.82, 2.24) is 0 Å². The number of rotatable bonds is 3. The van der Waals surface area contributed by atoms with Crippen LogP contribution < -0.4 is 4.90 Å². The number of ketones is 1. The number of benzene rings is 1. The molecule has 3 nitrogen and oxygen atoms in total. The first kappa shape index (κ1) is 12.3. The van der Waals surface area contributed by atoms with Gasteiger partial charge in [-0.3, -0.25) is 9.59 Å². The van der Waals surface area contributed by atoms with E-state index in [1.54, 1.807) is 0 Å². The molecule has 0 heterocycles. The Labute approximate surface area is 91.7 Å². The van der Waals surface area contributed by atoms with E-state index in [1.165, 1.54) is 14.0 Å². The summed E-state index contributed by atoms with van der Waals surface area (Å²) in [7, 11) is 1.33. The summed E-state index contributed by atoms with van der Waals surface area (Å²) in [6, 6.07) is 2.89. The highest BCUT2D eigenvalue weighted by Crippen LogP contribution is 2.19. The van der Waals surface area contributed by atoms with Gasteiger partial charge in [0.1, 0.15) is 17.4 Å². The van der Waals surface area contributed by atoms with Crippen molar-refractivity contribution in [2.24, 2.45) is 0 Å².